The Morgan fingerprint density at radius 1 is 1.16 bits per heavy atom. The smallest absolute Gasteiger partial charge is 0.344 e. The predicted octanol–water partition coefficient (Wildman–Crippen LogP) is 3.69. The van der Waals surface area contributed by atoms with Crippen LogP contribution in [0.25, 0.3) is 6.08 Å². The summed E-state index contributed by atoms with van der Waals surface area (Å²) in [5.41, 5.74) is 1.02. The van der Waals surface area contributed by atoms with Crippen LogP contribution in [0.4, 0.5) is 0 Å². The molecular formula is C22H19ClN2O6S. The Labute approximate surface area is 193 Å². The van der Waals surface area contributed by atoms with E-state index < -0.39 is 11.9 Å². The normalized spacial score (nSPS) is 15.5. The lowest BCUT2D eigenvalue weighted by Gasteiger charge is -2.11. The van der Waals surface area contributed by atoms with Gasteiger partial charge in [-0.1, -0.05) is 17.7 Å². The van der Waals surface area contributed by atoms with Crippen LogP contribution in [0.5, 0.6) is 11.5 Å². The first kappa shape index (κ1) is 23.4. The van der Waals surface area contributed by atoms with Crippen molar-refractivity contribution in [2.75, 3.05) is 20.3 Å². The maximum Gasteiger partial charge on any atom is 0.344 e. The molecule has 1 fully saturated rings. The number of nitrogens with one attached hydrogen (secondary N) is 1. The van der Waals surface area contributed by atoms with Gasteiger partial charge >= 0.3 is 5.97 Å². The molecule has 0 unspecified atom stereocenters. The molecule has 1 heterocycles. The molecule has 0 saturated carbocycles. The predicted molar refractivity (Wildman–Crippen MR) is 122 cm³/mol. The summed E-state index contributed by atoms with van der Waals surface area (Å²) in [5, 5.41) is 3.27. The monoisotopic (exact) mass is 474 g/mol. The van der Waals surface area contributed by atoms with Crippen LogP contribution in [0.1, 0.15) is 22.8 Å². The Bertz CT molecular complexity index is 1100. The number of halogens is 1. The number of esters is 1. The first-order valence-electron chi connectivity index (χ1n) is 9.45. The number of amidine groups is 1. The highest BCUT2D eigenvalue weighted by atomic mass is 35.5. The van der Waals surface area contributed by atoms with E-state index in [4.69, 9.17) is 25.8 Å². The van der Waals surface area contributed by atoms with Gasteiger partial charge in [0.2, 0.25) is 0 Å². The number of benzene rings is 2. The average molecular weight is 475 g/mol. The molecule has 0 radical (unpaired) electrons. The van der Waals surface area contributed by atoms with Gasteiger partial charge in [-0.25, -0.2) is 4.79 Å². The van der Waals surface area contributed by atoms with Crippen molar-refractivity contribution in [1.29, 1.82) is 0 Å². The Hall–Kier alpha value is -3.30. The molecule has 2 aromatic rings. The zero-order valence-corrected chi connectivity index (χ0v) is 18.8. The highest BCUT2D eigenvalue weighted by Gasteiger charge is 2.25. The Kier molecular flexibility index (Phi) is 7.91. The third kappa shape index (κ3) is 6.12. The van der Waals surface area contributed by atoms with Crippen LogP contribution < -0.4 is 14.8 Å². The summed E-state index contributed by atoms with van der Waals surface area (Å²) in [7, 11) is 1.47. The van der Waals surface area contributed by atoms with Gasteiger partial charge < -0.3 is 19.5 Å². The minimum atomic E-state index is -0.490. The van der Waals surface area contributed by atoms with Crippen LogP contribution >= 0.6 is 23.4 Å². The van der Waals surface area contributed by atoms with Gasteiger partial charge in [-0.15, -0.1) is 0 Å². The Morgan fingerprint density at radius 3 is 2.59 bits per heavy atom. The Balaban J connectivity index is 1.72. The maximum absolute atomic E-state index is 12.3. The second-order valence-electron chi connectivity index (χ2n) is 6.30. The molecule has 1 aliphatic rings. The zero-order valence-electron chi connectivity index (χ0n) is 17.2. The molecular weight excluding hydrogens is 456 g/mol. The van der Waals surface area contributed by atoms with Gasteiger partial charge in [-0.05, 0) is 66.7 Å². The molecule has 0 spiro atoms. The molecule has 1 saturated heterocycles. The van der Waals surface area contributed by atoms with Crippen molar-refractivity contribution >= 4 is 52.4 Å². The first-order chi connectivity index (χ1) is 15.4. The molecule has 0 bridgehead atoms. The highest BCUT2D eigenvalue weighted by molar-refractivity contribution is 8.18. The van der Waals surface area contributed by atoms with Crippen LogP contribution in [-0.4, -0.2) is 43.3 Å². The van der Waals surface area contributed by atoms with Gasteiger partial charge in [0, 0.05) is 10.6 Å². The van der Waals surface area contributed by atoms with Gasteiger partial charge in [0.15, 0.2) is 23.3 Å². The number of rotatable bonds is 7. The fourth-order valence-electron chi connectivity index (χ4n) is 2.61. The summed E-state index contributed by atoms with van der Waals surface area (Å²) >= 11 is 6.87. The van der Waals surface area contributed by atoms with Gasteiger partial charge in [-0.2, -0.15) is 4.99 Å². The van der Waals surface area contributed by atoms with Crippen molar-refractivity contribution in [3.05, 3.63) is 63.5 Å². The van der Waals surface area contributed by atoms with Crippen molar-refractivity contribution in [3.8, 4) is 11.5 Å². The molecule has 3 rings (SSSR count). The van der Waals surface area contributed by atoms with E-state index in [1.807, 2.05) is 0 Å². The fraction of sp³-hybridized carbons (Fsp3) is 0.182. The van der Waals surface area contributed by atoms with E-state index in [1.54, 1.807) is 55.5 Å². The lowest BCUT2D eigenvalue weighted by Crippen LogP contribution is -2.20. The SMILES string of the molecule is CCOC(=O)COc1ccc(/C=C2\SC(=NC(=O)c3ccc(Cl)cc3)NC2=O)cc1OC. The number of hydrogen-bond acceptors (Lipinski definition) is 7. The summed E-state index contributed by atoms with van der Waals surface area (Å²) < 4.78 is 15.6. The second kappa shape index (κ2) is 10.8. The van der Waals surface area contributed by atoms with Crippen molar-refractivity contribution in [1.82, 2.24) is 5.32 Å². The second-order valence-corrected chi connectivity index (χ2v) is 7.76. The van der Waals surface area contributed by atoms with Crippen molar-refractivity contribution < 1.29 is 28.6 Å². The topological polar surface area (TPSA) is 103 Å². The first-order valence-corrected chi connectivity index (χ1v) is 10.6. The molecule has 0 aromatic heterocycles. The van der Waals surface area contributed by atoms with Crippen LogP contribution in [0.2, 0.25) is 5.02 Å². The van der Waals surface area contributed by atoms with Gasteiger partial charge in [0.1, 0.15) is 0 Å². The third-order valence-corrected chi connectivity index (χ3v) is 5.24. The molecule has 1 N–H and O–H groups in total. The number of aliphatic imine (C=N–C) groups is 1. The van der Waals surface area contributed by atoms with Gasteiger partial charge in [0.25, 0.3) is 11.8 Å². The lowest BCUT2D eigenvalue weighted by molar-refractivity contribution is -0.145. The minimum Gasteiger partial charge on any atom is -0.493 e. The van der Waals surface area contributed by atoms with E-state index in [-0.39, 0.29) is 24.3 Å². The molecule has 32 heavy (non-hydrogen) atoms. The summed E-state index contributed by atoms with van der Waals surface area (Å²) in [6.07, 6.45) is 1.63. The number of carbonyl (C=O) groups excluding carboxylic acids is 3. The molecule has 2 aromatic carbocycles. The average Bonchev–Trinajstić information content (AvgIpc) is 3.11. The number of hydrogen-bond donors (Lipinski definition) is 1. The molecule has 0 atom stereocenters. The van der Waals surface area contributed by atoms with Crippen molar-refractivity contribution in [3.63, 3.8) is 0 Å². The van der Waals surface area contributed by atoms with Crippen LogP contribution in [0.15, 0.2) is 52.4 Å². The molecule has 166 valence electrons. The number of carbonyl (C=O) groups is 3. The number of amides is 2. The number of thioether (sulfide) groups is 1. The van der Waals surface area contributed by atoms with E-state index in [0.717, 1.165) is 11.8 Å². The van der Waals surface area contributed by atoms with Crippen LogP contribution in [0.3, 0.4) is 0 Å². The third-order valence-electron chi connectivity index (χ3n) is 4.08. The number of ether oxygens (including phenoxy) is 3. The van der Waals surface area contributed by atoms with E-state index in [2.05, 4.69) is 10.3 Å². The van der Waals surface area contributed by atoms with Gasteiger partial charge in [0.05, 0.1) is 18.6 Å². The highest BCUT2D eigenvalue weighted by Crippen LogP contribution is 2.31. The molecule has 8 nitrogen and oxygen atoms in total. The lowest BCUT2D eigenvalue weighted by atomic mass is 10.2. The summed E-state index contributed by atoms with van der Waals surface area (Å²) in [4.78, 5) is 40.4. The largest absolute Gasteiger partial charge is 0.493 e. The van der Waals surface area contributed by atoms with Crippen molar-refractivity contribution in [2.24, 2.45) is 4.99 Å². The van der Waals surface area contributed by atoms with Crippen molar-refractivity contribution in [2.45, 2.75) is 6.92 Å². The van der Waals surface area contributed by atoms with E-state index in [0.29, 0.717) is 32.6 Å². The van der Waals surface area contributed by atoms with Crippen LogP contribution in [-0.2, 0) is 14.3 Å². The molecule has 0 aliphatic carbocycles. The van der Waals surface area contributed by atoms with E-state index in [9.17, 15) is 14.4 Å². The maximum atomic E-state index is 12.3. The molecule has 10 heteroatoms. The van der Waals surface area contributed by atoms with Crippen LogP contribution in [0, 0.1) is 0 Å². The minimum absolute atomic E-state index is 0.183. The summed E-state index contributed by atoms with van der Waals surface area (Å²) in [6, 6.07) is 11.3. The fourth-order valence-corrected chi connectivity index (χ4v) is 3.56. The van der Waals surface area contributed by atoms with E-state index >= 15 is 0 Å². The molecule has 1 aliphatic heterocycles. The number of nitrogens with zero attached hydrogens (tertiary/aromatic N) is 1. The molecule has 2 amide bonds. The summed E-state index contributed by atoms with van der Waals surface area (Å²) in [6.45, 7) is 1.73. The number of methoxy groups -OCH3 is 1. The standard InChI is InChI=1S/C22H19ClN2O6S/c1-3-30-19(26)12-31-16-9-4-13(10-17(16)29-2)11-18-21(28)25-22(32-18)24-20(27)14-5-7-15(23)8-6-14/h4-11H,3,12H2,1-2H3,(H,24,25,27,28)/b18-11-. The quantitative estimate of drug-likeness (QED) is 0.482. The van der Waals surface area contributed by atoms with E-state index in [1.165, 1.54) is 7.11 Å². The summed E-state index contributed by atoms with van der Waals surface area (Å²) in [5.74, 6) is -0.601. The Morgan fingerprint density at radius 2 is 1.91 bits per heavy atom. The van der Waals surface area contributed by atoms with Gasteiger partial charge in [-0.3, -0.25) is 9.59 Å². The zero-order chi connectivity index (χ0) is 23.1.